The highest BCUT2D eigenvalue weighted by Crippen LogP contribution is 2.33. The zero-order chi connectivity index (χ0) is 16.2. The SMILES string of the molecule is COc1cc(Br)c(CNC[C@@H]2CN(C3CC3)CCO2)cc1OC. The van der Waals surface area contributed by atoms with Crippen LogP contribution in [-0.4, -0.2) is 57.5 Å². The summed E-state index contributed by atoms with van der Waals surface area (Å²) in [6.07, 6.45) is 3.00. The number of nitrogens with one attached hydrogen (secondary N) is 1. The summed E-state index contributed by atoms with van der Waals surface area (Å²) in [4.78, 5) is 2.57. The Labute approximate surface area is 146 Å². The number of rotatable bonds is 7. The molecular weight excluding hydrogens is 360 g/mol. The summed E-state index contributed by atoms with van der Waals surface area (Å²) in [5.74, 6) is 1.49. The molecule has 1 aromatic carbocycles. The van der Waals surface area contributed by atoms with E-state index in [1.807, 2.05) is 12.1 Å². The molecule has 2 fully saturated rings. The summed E-state index contributed by atoms with van der Waals surface area (Å²) >= 11 is 3.60. The second-order valence-electron chi connectivity index (χ2n) is 6.15. The highest BCUT2D eigenvalue weighted by Gasteiger charge is 2.32. The van der Waals surface area contributed by atoms with Crippen LogP contribution in [0.4, 0.5) is 0 Å². The van der Waals surface area contributed by atoms with Crippen molar-refractivity contribution < 1.29 is 14.2 Å². The molecule has 0 bridgehead atoms. The molecule has 1 saturated carbocycles. The van der Waals surface area contributed by atoms with E-state index >= 15 is 0 Å². The molecular formula is C17H25BrN2O3. The Balaban J connectivity index is 1.51. The molecule has 23 heavy (non-hydrogen) atoms. The number of methoxy groups -OCH3 is 2. The van der Waals surface area contributed by atoms with E-state index in [1.165, 1.54) is 12.8 Å². The first-order valence-corrected chi connectivity index (χ1v) is 8.97. The number of hydrogen-bond donors (Lipinski definition) is 1. The third kappa shape index (κ3) is 4.38. The van der Waals surface area contributed by atoms with E-state index in [0.29, 0.717) is 0 Å². The maximum atomic E-state index is 5.88. The molecule has 1 N–H and O–H groups in total. The van der Waals surface area contributed by atoms with Crippen molar-refractivity contribution >= 4 is 15.9 Å². The van der Waals surface area contributed by atoms with Crippen LogP contribution in [-0.2, 0) is 11.3 Å². The van der Waals surface area contributed by atoms with Gasteiger partial charge in [0, 0.05) is 36.7 Å². The molecule has 0 spiro atoms. The Kier molecular flexibility index (Phi) is 5.80. The number of benzene rings is 1. The van der Waals surface area contributed by atoms with Crippen molar-refractivity contribution in [3.8, 4) is 11.5 Å². The molecule has 5 nitrogen and oxygen atoms in total. The Morgan fingerprint density at radius 2 is 2.00 bits per heavy atom. The van der Waals surface area contributed by atoms with Gasteiger partial charge in [-0.1, -0.05) is 15.9 Å². The van der Waals surface area contributed by atoms with Gasteiger partial charge in [-0.05, 0) is 30.5 Å². The van der Waals surface area contributed by atoms with Gasteiger partial charge in [-0.2, -0.15) is 0 Å². The van der Waals surface area contributed by atoms with Crippen LogP contribution in [0.2, 0.25) is 0 Å². The van der Waals surface area contributed by atoms with Crippen molar-refractivity contribution in [1.82, 2.24) is 10.2 Å². The van der Waals surface area contributed by atoms with E-state index in [0.717, 1.165) is 60.4 Å². The smallest absolute Gasteiger partial charge is 0.161 e. The lowest BCUT2D eigenvalue weighted by molar-refractivity contribution is -0.0301. The second kappa shape index (κ2) is 7.83. The van der Waals surface area contributed by atoms with Gasteiger partial charge in [0.25, 0.3) is 0 Å². The molecule has 128 valence electrons. The van der Waals surface area contributed by atoms with Crippen molar-refractivity contribution in [3.05, 3.63) is 22.2 Å². The van der Waals surface area contributed by atoms with E-state index < -0.39 is 0 Å². The summed E-state index contributed by atoms with van der Waals surface area (Å²) in [6.45, 7) is 4.62. The Morgan fingerprint density at radius 3 is 2.70 bits per heavy atom. The molecule has 1 heterocycles. The van der Waals surface area contributed by atoms with Crippen molar-refractivity contribution in [2.45, 2.75) is 31.5 Å². The Hall–Kier alpha value is -0.820. The predicted molar refractivity (Wildman–Crippen MR) is 93.3 cm³/mol. The van der Waals surface area contributed by atoms with E-state index in [9.17, 15) is 0 Å². The number of hydrogen-bond acceptors (Lipinski definition) is 5. The molecule has 1 aromatic rings. The highest BCUT2D eigenvalue weighted by molar-refractivity contribution is 9.10. The molecule has 0 radical (unpaired) electrons. The Morgan fingerprint density at radius 1 is 1.26 bits per heavy atom. The standard InChI is InChI=1S/C17H25BrN2O3/c1-21-16-7-12(15(18)8-17(16)22-2)9-19-10-14-11-20(5-6-23-14)13-3-4-13/h7-8,13-14,19H,3-6,9-11H2,1-2H3/t14-/m1/s1. The van der Waals surface area contributed by atoms with Crippen LogP contribution in [0.1, 0.15) is 18.4 Å². The topological polar surface area (TPSA) is 43.0 Å². The molecule has 1 saturated heterocycles. The average molecular weight is 385 g/mol. The fourth-order valence-electron chi connectivity index (χ4n) is 3.04. The molecule has 2 aliphatic rings. The lowest BCUT2D eigenvalue weighted by Crippen LogP contribution is -2.47. The molecule has 6 heteroatoms. The summed E-state index contributed by atoms with van der Waals surface area (Å²) in [7, 11) is 3.31. The number of morpholine rings is 1. The van der Waals surface area contributed by atoms with Crippen molar-refractivity contribution in [1.29, 1.82) is 0 Å². The zero-order valence-corrected chi connectivity index (χ0v) is 15.4. The molecule has 1 aliphatic heterocycles. The Bertz CT molecular complexity index is 537. The molecule has 0 unspecified atom stereocenters. The third-order valence-corrected chi connectivity index (χ3v) is 5.21. The van der Waals surface area contributed by atoms with Gasteiger partial charge < -0.3 is 19.5 Å². The first kappa shape index (κ1) is 17.0. The first-order chi connectivity index (χ1) is 11.2. The van der Waals surface area contributed by atoms with Gasteiger partial charge in [-0.25, -0.2) is 0 Å². The quantitative estimate of drug-likeness (QED) is 0.781. The largest absolute Gasteiger partial charge is 0.493 e. The van der Waals surface area contributed by atoms with Crippen molar-refractivity contribution in [2.24, 2.45) is 0 Å². The molecule has 0 aromatic heterocycles. The lowest BCUT2D eigenvalue weighted by atomic mass is 10.2. The van der Waals surface area contributed by atoms with Crippen LogP contribution in [0.25, 0.3) is 0 Å². The average Bonchev–Trinajstić information content (AvgIpc) is 3.41. The predicted octanol–water partition coefficient (Wildman–Crippen LogP) is 2.42. The number of halogens is 1. The highest BCUT2D eigenvalue weighted by atomic mass is 79.9. The van der Waals surface area contributed by atoms with E-state index in [1.54, 1.807) is 14.2 Å². The first-order valence-electron chi connectivity index (χ1n) is 8.18. The molecule has 0 amide bonds. The van der Waals surface area contributed by atoms with E-state index in [4.69, 9.17) is 14.2 Å². The molecule has 3 rings (SSSR count). The maximum Gasteiger partial charge on any atom is 0.161 e. The summed E-state index contributed by atoms with van der Waals surface area (Å²) in [6, 6.07) is 4.78. The van der Waals surface area contributed by atoms with Crippen LogP contribution >= 0.6 is 15.9 Å². The van der Waals surface area contributed by atoms with Crippen LogP contribution in [0.15, 0.2) is 16.6 Å². The van der Waals surface area contributed by atoms with Gasteiger partial charge in [-0.15, -0.1) is 0 Å². The van der Waals surface area contributed by atoms with Gasteiger partial charge in [0.2, 0.25) is 0 Å². The second-order valence-corrected chi connectivity index (χ2v) is 7.00. The zero-order valence-electron chi connectivity index (χ0n) is 13.8. The van der Waals surface area contributed by atoms with E-state index in [2.05, 4.69) is 26.1 Å². The fourth-order valence-corrected chi connectivity index (χ4v) is 3.50. The van der Waals surface area contributed by atoms with Crippen LogP contribution < -0.4 is 14.8 Å². The molecule has 1 atom stereocenters. The monoisotopic (exact) mass is 384 g/mol. The van der Waals surface area contributed by atoms with Gasteiger partial charge in [0.05, 0.1) is 26.9 Å². The molecule has 1 aliphatic carbocycles. The van der Waals surface area contributed by atoms with Gasteiger partial charge in [0.1, 0.15) is 0 Å². The van der Waals surface area contributed by atoms with Gasteiger partial charge in [-0.3, -0.25) is 4.90 Å². The lowest BCUT2D eigenvalue weighted by Gasteiger charge is -2.33. The minimum absolute atomic E-state index is 0.281. The maximum absolute atomic E-state index is 5.88. The van der Waals surface area contributed by atoms with Crippen molar-refractivity contribution in [2.75, 3.05) is 40.5 Å². The minimum Gasteiger partial charge on any atom is -0.493 e. The van der Waals surface area contributed by atoms with Crippen LogP contribution in [0, 0.1) is 0 Å². The van der Waals surface area contributed by atoms with Crippen LogP contribution in [0.3, 0.4) is 0 Å². The normalized spacial score (nSPS) is 22.1. The summed E-state index contributed by atoms with van der Waals surface area (Å²) in [5.41, 5.74) is 1.15. The minimum atomic E-state index is 0.281. The van der Waals surface area contributed by atoms with Gasteiger partial charge >= 0.3 is 0 Å². The fraction of sp³-hybridized carbons (Fsp3) is 0.647. The van der Waals surface area contributed by atoms with Gasteiger partial charge in [0.15, 0.2) is 11.5 Å². The summed E-state index contributed by atoms with van der Waals surface area (Å²) in [5, 5.41) is 3.50. The summed E-state index contributed by atoms with van der Waals surface area (Å²) < 4.78 is 17.6. The van der Waals surface area contributed by atoms with E-state index in [-0.39, 0.29) is 6.10 Å². The van der Waals surface area contributed by atoms with Crippen molar-refractivity contribution in [3.63, 3.8) is 0 Å². The number of ether oxygens (including phenoxy) is 3. The number of nitrogens with zero attached hydrogens (tertiary/aromatic N) is 1. The van der Waals surface area contributed by atoms with Crippen LogP contribution in [0.5, 0.6) is 11.5 Å². The third-order valence-electron chi connectivity index (χ3n) is 4.47.